The lowest BCUT2D eigenvalue weighted by Gasteiger charge is -2.33. The number of hydrogen-bond acceptors (Lipinski definition) is 6. The van der Waals surface area contributed by atoms with Crippen molar-refractivity contribution in [1.82, 2.24) is 5.32 Å². The number of benzene rings is 2. The fourth-order valence-electron chi connectivity index (χ4n) is 3.02. The summed E-state index contributed by atoms with van der Waals surface area (Å²) in [7, 11) is 0. The van der Waals surface area contributed by atoms with Gasteiger partial charge in [0.25, 0.3) is 0 Å². The molecule has 2 atom stereocenters. The van der Waals surface area contributed by atoms with Gasteiger partial charge < -0.3 is 20.9 Å². The van der Waals surface area contributed by atoms with Gasteiger partial charge in [-0.2, -0.15) is 0 Å². The number of hydrogen-bond donors (Lipinski definition) is 3. The van der Waals surface area contributed by atoms with Gasteiger partial charge in [0.1, 0.15) is 6.61 Å². The third-order valence-electron chi connectivity index (χ3n) is 4.96. The standard InChI is InChI=1S/C23H28N2O5/c1-16(2)23(24,22(29)30-15-18-11-7-4-8-12-18)21(28)19(13-20(26)27)25-14-17-9-5-3-6-10-17/h3-12,16,19,25H,13-15,24H2,1-2H3,(H,26,27). The molecular weight excluding hydrogens is 384 g/mol. The third-order valence-corrected chi connectivity index (χ3v) is 4.96. The monoisotopic (exact) mass is 412 g/mol. The summed E-state index contributed by atoms with van der Waals surface area (Å²) >= 11 is 0. The van der Waals surface area contributed by atoms with E-state index in [1.807, 2.05) is 48.5 Å². The highest BCUT2D eigenvalue weighted by Gasteiger charge is 2.49. The van der Waals surface area contributed by atoms with Crippen LogP contribution in [0.5, 0.6) is 0 Å². The average molecular weight is 412 g/mol. The topological polar surface area (TPSA) is 119 Å². The molecule has 0 fully saturated rings. The summed E-state index contributed by atoms with van der Waals surface area (Å²) in [5.41, 5.74) is 5.94. The van der Waals surface area contributed by atoms with Crippen molar-refractivity contribution in [1.29, 1.82) is 0 Å². The SMILES string of the molecule is CC(C)C(N)(C(=O)OCc1ccccc1)C(=O)C(CC(=O)O)NCc1ccccc1. The van der Waals surface area contributed by atoms with Gasteiger partial charge in [-0.05, 0) is 17.0 Å². The van der Waals surface area contributed by atoms with E-state index < -0.39 is 41.6 Å². The number of carboxylic acid groups (broad SMARTS) is 1. The fourth-order valence-corrected chi connectivity index (χ4v) is 3.02. The Labute approximate surface area is 176 Å². The van der Waals surface area contributed by atoms with Crippen LogP contribution in [0.3, 0.4) is 0 Å². The van der Waals surface area contributed by atoms with Gasteiger partial charge >= 0.3 is 11.9 Å². The molecule has 2 unspecified atom stereocenters. The van der Waals surface area contributed by atoms with E-state index in [1.54, 1.807) is 26.0 Å². The molecule has 30 heavy (non-hydrogen) atoms. The van der Waals surface area contributed by atoms with Crippen LogP contribution in [-0.2, 0) is 32.3 Å². The first-order chi connectivity index (χ1) is 14.2. The second kappa shape index (κ2) is 10.7. The Bertz CT molecular complexity index is 854. The lowest BCUT2D eigenvalue weighted by atomic mass is 9.79. The second-order valence-corrected chi connectivity index (χ2v) is 7.47. The van der Waals surface area contributed by atoms with Gasteiger partial charge in [0.2, 0.25) is 0 Å². The summed E-state index contributed by atoms with van der Waals surface area (Å²) in [6, 6.07) is 17.1. The molecule has 2 aromatic carbocycles. The number of aliphatic carboxylic acids is 1. The molecule has 0 bridgehead atoms. The number of nitrogens with two attached hydrogens (primary N) is 1. The fraction of sp³-hybridized carbons (Fsp3) is 0.348. The minimum atomic E-state index is -1.97. The molecule has 0 saturated carbocycles. The van der Waals surface area contributed by atoms with Gasteiger partial charge in [-0.1, -0.05) is 74.5 Å². The van der Waals surface area contributed by atoms with Crippen LogP contribution in [-0.4, -0.2) is 34.4 Å². The quantitative estimate of drug-likeness (QED) is 0.383. The molecule has 2 aromatic rings. The number of carbonyl (C=O) groups excluding carboxylic acids is 2. The normalized spacial score (nSPS) is 14.0. The van der Waals surface area contributed by atoms with E-state index in [1.165, 1.54) is 0 Å². The number of carboxylic acids is 1. The zero-order valence-electron chi connectivity index (χ0n) is 17.2. The summed E-state index contributed by atoms with van der Waals surface area (Å²) < 4.78 is 5.33. The van der Waals surface area contributed by atoms with Crippen LogP contribution >= 0.6 is 0 Å². The Morgan fingerprint density at radius 3 is 2.03 bits per heavy atom. The predicted molar refractivity (Wildman–Crippen MR) is 112 cm³/mol. The van der Waals surface area contributed by atoms with Crippen LogP contribution < -0.4 is 11.1 Å². The Kier molecular flexibility index (Phi) is 8.26. The minimum Gasteiger partial charge on any atom is -0.481 e. The van der Waals surface area contributed by atoms with E-state index in [0.29, 0.717) is 0 Å². The maximum absolute atomic E-state index is 13.3. The van der Waals surface area contributed by atoms with Crippen molar-refractivity contribution in [3.63, 3.8) is 0 Å². The van der Waals surface area contributed by atoms with Crippen LogP contribution in [0, 0.1) is 5.92 Å². The smallest absolute Gasteiger partial charge is 0.334 e. The average Bonchev–Trinajstić information content (AvgIpc) is 2.74. The van der Waals surface area contributed by atoms with Gasteiger partial charge in [-0.25, -0.2) is 4.79 Å². The molecule has 0 aliphatic heterocycles. The molecule has 0 spiro atoms. The van der Waals surface area contributed by atoms with Crippen LogP contribution in [0.4, 0.5) is 0 Å². The minimum absolute atomic E-state index is 0.0281. The first-order valence-corrected chi connectivity index (χ1v) is 9.78. The lowest BCUT2D eigenvalue weighted by Crippen LogP contribution is -2.64. The Hall–Kier alpha value is -3.03. The maximum Gasteiger partial charge on any atom is 0.334 e. The molecule has 0 radical (unpaired) electrons. The highest BCUT2D eigenvalue weighted by molar-refractivity contribution is 6.11. The van der Waals surface area contributed by atoms with E-state index in [4.69, 9.17) is 10.5 Å². The van der Waals surface area contributed by atoms with Crippen molar-refractivity contribution in [2.75, 3.05) is 0 Å². The zero-order chi connectivity index (χ0) is 22.1. The Morgan fingerprint density at radius 1 is 1.00 bits per heavy atom. The zero-order valence-corrected chi connectivity index (χ0v) is 17.2. The first-order valence-electron chi connectivity index (χ1n) is 9.78. The Morgan fingerprint density at radius 2 is 1.53 bits per heavy atom. The molecule has 0 saturated heterocycles. The number of rotatable bonds is 11. The van der Waals surface area contributed by atoms with Crippen molar-refractivity contribution < 1.29 is 24.2 Å². The Balaban J connectivity index is 2.18. The van der Waals surface area contributed by atoms with Gasteiger partial charge in [-0.3, -0.25) is 9.59 Å². The highest BCUT2D eigenvalue weighted by atomic mass is 16.5. The van der Waals surface area contributed by atoms with Gasteiger partial charge in [-0.15, -0.1) is 0 Å². The summed E-state index contributed by atoms with van der Waals surface area (Å²) in [6.45, 7) is 3.50. The molecule has 2 rings (SSSR count). The number of Topliss-reactive ketones (excluding diaryl/α,β-unsaturated/α-hetero) is 1. The largest absolute Gasteiger partial charge is 0.481 e. The van der Waals surface area contributed by atoms with Crippen molar-refractivity contribution in [2.24, 2.45) is 11.7 Å². The summed E-state index contributed by atoms with van der Waals surface area (Å²) in [5, 5.41) is 12.2. The van der Waals surface area contributed by atoms with Crippen LogP contribution in [0.1, 0.15) is 31.4 Å². The van der Waals surface area contributed by atoms with Crippen LogP contribution in [0.15, 0.2) is 60.7 Å². The predicted octanol–water partition coefficient (Wildman–Crippen LogP) is 2.29. The summed E-state index contributed by atoms with van der Waals surface area (Å²) in [6.07, 6.45) is -0.497. The number of esters is 1. The molecule has 7 heteroatoms. The van der Waals surface area contributed by atoms with E-state index >= 15 is 0 Å². The molecule has 4 N–H and O–H groups in total. The second-order valence-electron chi connectivity index (χ2n) is 7.47. The van der Waals surface area contributed by atoms with E-state index in [2.05, 4.69) is 5.32 Å². The molecule has 0 amide bonds. The van der Waals surface area contributed by atoms with E-state index in [9.17, 15) is 19.5 Å². The molecule has 0 aromatic heterocycles. The van der Waals surface area contributed by atoms with Crippen LogP contribution in [0.2, 0.25) is 0 Å². The van der Waals surface area contributed by atoms with Gasteiger partial charge in [0, 0.05) is 6.54 Å². The van der Waals surface area contributed by atoms with E-state index in [0.717, 1.165) is 11.1 Å². The van der Waals surface area contributed by atoms with Gasteiger partial charge in [0.05, 0.1) is 12.5 Å². The number of carbonyl (C=O) groups is 3. The van der Waals surface area contributed by atoms with Gasteiger partial charge in [0.15, 0.2) is 11.3 Å². The van der Waals surface area contributed by atoms with Crippen molar-refractivity contribution in [2.45, 2.75) is 45.0 Å². The molecule has 0 aliphatic rings. The van der Waals surface area contributed by atoms with Crippen LogP contribution in [0.25, 0.3) is 0 Å². The van der Waals surface area contributed by atoms with Crippen molar-refractivity contribution in [3.8, 4) is 0 Å². The molecular formula is C23H28N2O5. The number of ether oxygens (including phenoxy) is 1. The molecule has 7 nitrogen and oxygen atoms in total. The lowest BCUT2D eigenvalue weighted by molar-refractivity contribution is -0.159. The number of nitrogens with one attached hydrogen (secondary N) is 1. The van der Waals surface area contributed by atoms with Crippen molar-refractivity contribution >= 4 is 17.7 Å². The maximum atomic E-state index is 13.3. The van der Waals surface area contributed by atoms with Crippen molar-refractivity contribution in [3.05, 3.63) is 71.8 Å². The van der Waals surface area contributed by atoms with E-state index in [-0.39, 0.29) is 13.2 Å². The molecule has 0 aliphatic carbocycles. The summed E-state index contributed by atoms with van der Waals surface area (Å²) in [4.78, 5) is 37.5. The molecule has 160 valence electrons. The first kappa shape index (κ1) is 23.3. The molecule has 0 heterocycles. The third kappa shape index (κ3) is 5.98. The number of ketones is 1. The highest BCUT2D eigenvalue weighted by Crippen LogP contribution is 2.21. The summed E-state index contributed by atoms with van der Waals surface area (Å²) in [5.74, 6) is -3.34.